The third-order valence-corrected chi connectivity index (χ3v) is 4.04. The zero-order valence-corrected chi connectivity index (χ0v) is 13.5. The molecule has 1 aromatic carbocycles. The summed E-state index contributed by atoms with van der Waals surface area (Å²) >= 11 is 0. The summed E-state index contributed by atoms with van der Waals surface area (Å²) < 4.78 is 4.84. The first-order valence-corrected chi connectivity index (χ1v) is 7.69. The van der Waals surface area contributed by atoms with Gasteiger partial charge in [0.25, 0.3) is 0 Å². The maximum atomic E-state index is 11.9. The topological polar surface area (TPSA) is 55.6 Å². The number of nitrogens with zero attached hydrogens (tertiary/aromatic N) is 1. The van der Waals surface area contributed by atoms with E-state index < -0.39 is 0 Å². The van der Waals surface area contributed by atoms with Gasteiger partial charge in [0.05, 0.1) is 12.7 Å². The largest absolute Gasteiger partial charge is 0.465 e. The van der Waals surface area contributed by atoms with Crippen LogP contribution in [0.1, 0.15) is 49.0 Å². The summed E-state index contributed by atoms with van der Waals surface area (Å²) in [7, 11) is 1.39. The molecule has 0 heterocycles. The van der Waals surface area contributed by atoms with E-state index in [1.807, 2.05) is 13.0 Å². The van der Waals surface area contributed by atoms with Crippen LogP contribution in [0.3, 0.4) is 0 Å². The molecule has 0 amide bonds. The van der Waals surface area contributed by atoms with Crippen molar-refractivity contribution in [2.75, 3.05) is 24.3 Å². The Bertz CT molecular complexity index is 522. The predicted molar refractivity (Wildman–Crippen MR) is 86.8 cm³/mol. The van der Waals surface area contributed by atoms with Crippen LogP contribution in [0.5, 0.6) is 0 Å². The Morgan fingerprint density at radius 2 is 2.10 bits per heavy atom. The average Bonchev–Trinajstić information content (AvgIpc) is 3.26. The lowest BCUT2D eigenvalue weighted by atomic mass is 10.0. The van der Waals surface area contributed by atoms with Gasteiger partial charge >= 0.3 is 5.97 Å². The molecule has 1 aliphatic carbocycles. The third-order valence-electron chi connectivity index (χ3n) is 4.04. The number of nitrogens with two attached hydrogens (primary N) is 1. The highest BCUT2D eigenvalue weighted by molar-refractivity contribution is 5.97. The molecule has 1 fully saturated rings. The van der Waals surface area contributed by atoms with Gasteiger partial charge in [0, 0.05) is 24.0 Å². The molecule has 0 aromatic heterocycles. The van der Waals surface area contributed by atoms with Gasteiger partial charge in [0.1, 0.15) is 0 Å². The molecule has 1 saturated carbocycles. The van der Waals surface area contributed by atoms with E-state index in [1.54, 1.807) is 0 Å². The van der Waals surface area contributed by atoms with Crippen LogP contribution in [0.2, 0.25) is 0 Å². The first kappa shape index (κ1) is 15.7. The number of esters is 1. The van der Waals surface area contributed by atoms with Gasteiger partial charge in [-0.3, -0.25) is 0 Å². The Morgan fingerprint density at radius 1 is 1.43 bits per heavy atom. The summed E-state index contributed by atoms with van der Waals surface area (Å²) in [6.07, 6.45) is 3.61. The van der Waals surface area contributed by atoms with E-state index in [9.17, 15) is 4.79 Å². The summed E-state index contributed by atoms with van der Waals surface area (Å²) in [6.45, 7) is 7.43. The molecule has 2 N–H and O–H groups in total. The molecule has 0 radical (unpaired) electrons. The van der Waals surface area contributed by atoms with Crippen molar-refractivity contribution in [3.05, 3.63) is 23.3 Å². The Kier molecular flexibility index (Phi) is 4.76. The van der Waals surface area contributed by atoms with Crippen molar-refractivity contribution in [3.8, 4) is 0 Å². The molecule has 4 nitrogen and oxygen atoms in total. The zero-order valence-electron chi connectivity index (χ0n) is 13.5. The number of anilines is 2. The lowest BCUT2D eigenvalue weighted by molar-refractivity contribution is 0.0602. The quantitative estimate of drug-likeness (QED) is 0.644. The number of nitrogen functional groups attached to an aromatic ring is 1. The first-order chi connectivity index (χ1) is 9.93. The predicted octanol–water partition coefficient (Wildman–Crippen LogP) is 3.38. The van der Waals surface area contributed by atoms with Gasteiger partial charge < -0.3 is 15.4 Å². The molecule has 116 valence electrons. The highest BCUT2D eigenvalue weighted by Gasteiger charge is 2.30. The minimum Gasteiger partial charge on any atom is -0.465 e. The van der Waals surface area contributed by atoms with E-state index in [4.69, 9.17) is 10.5 Å². The summed E-state index contributed by atoms with van der Waals surface area (Å²) in [5.41, 5.74) is 9.04. The Balaban J connectivity index is 2.31. The number of aryl methyl sites for hydroxylation is 1. The summed E-state index contributed by atoms with van der Waals surface area (Å²) in [5.74, 6) is 0.304. The highest BCUT2D eigenvalue weighted by Crippen LogP contribution is 2.35. The molecule has 1 aromatic rings. The van der Waals surface area contributed by atoms with Crippen molar-refractivity contribution < 1.29 is 9.53 Å². The molecule has 4 heteroatoms. The lowest BCUT2D eigenvalue weighted by Crippen LogP contribution is -2.28. The normalized spacial score (nSPS) is 14.3. The van der Waals surface area contributed by atoms with Gasteiger partial charge in [-0.25, -0.2) is 4.79 Å². The Hall–Kier alpha value is -1.71. The van der Waals surface area contributed by atoms with E-state index in [-0.39, 0.29) is 5.97 Å². The fraction of sp³-hybridized carbons (Fsp3) is 0.588. The standard InChI is InChI=1S/C17H26N2O2/c1-11(2)7-8-19(13-5-6-13)14-9-12(3)16(18)15(10-14)17(20)21-4/h9-11,13H,5-8,18H2,1-4H3. The molecule has 0 saturated heterocycles. The van der Waals surface area contributed by atoms with Gasteiger partial charge in [-0.1, -0.05) is 13.8 Å². The smallest absolute Gasteiger partial charge is 0.340 e. The van der Waals surface area contributed by atoms with Crippen molar-refractivity contribution >= 4 is 17.3 Å². The average molecular weight is 290 g/mol. The van der Waals surface area contributed by atoms with Crippen molar-refractivity contribution in [2.24, 2.45) is 5.92 Å². The van der Waals surface area contributed by atoms with Crippen LogP contribution in [0.25, 0.3) is 0 Å². The van der Waals surface area contributed by atoms with Crippen molar-refractivity contribution in [2.45, 2.75) is 46.1 Å². The molecule has 21 heavy (non-hydrogen) atoms. The number of rotatable bonds is 6. The number of methoxy groups -OCH3 is 1. The van der Waals surface area contributed by atoms with Gasteiger partial charge in [0.15, 0.2) is 0 Å². The number of carbonyl (C=O) groups excluding carboxylic acids is 1. The Morgan fingerprint density at radius 3 is 2.62 bits per heavy atom. The molecular formula is C17H26N2O2. The van der Waals surface area contributed by atoms with E-state index in [0.29, 0.717) is 23.2 Å². The number of ether oxygens (including phenoxy) is 1. The molecule has 1 aliphatic rings. The maximum Gasteiger partial charge on any atom is 0.340 e. The molecule has 0 bridgehead atoms. The van der Waals surface area contributed by atoms with Crippen LogP contribution in [0.4, 0.5) is 11.4 Å². The molecule has 0 unspecified atom stereocenters. The fourth-order valence-corrected chi connectivity index (χ4v) is 2.53. The summed E-state index contributed by atoms with van der Waals surface area (Å²) in [4.78, 5) is 14.3. The van der Waals surface area contributed by atoms with Crippen molar-refractivity contribution in [3.63, 3.8) is 0 Å². The van der Waals surface area contributed by atoms with Gasteiger partial charge in [0.2, 0.25) is 0 Å². The SMILES string of the molecule is COC(=O)c1cc(N(CCC(C)C)C2CC2)cc(C)c1N. The first-order valence-electron chi connectivity index (χ1n) is 7.69. The lowest BCUT2D eigenvalue weighted by Gasteiger charge is -2.27. The number of hydrogen-bond donors (Lipinski definition) is 1. The van der Waals surface area contributed by atoms with E-state index in [2.05, 4.69) is 24.8 Å². The van der Waals surface area contributed by atoms with Crippen molar-refractivity contribution in [1.29, 1.82) is 0 Å². The number of carbonyl (C=O) groups is 1. The van der Waals surface area contributed by atoms with Gasteiger partial charge in [-0.05, 0) is 49.8 Å². The minimum absolute atomic E-state index is 0.364. The molecule has 0 atom stereocenters. The Labute approximate surface area is 127 Å². The van der Waals surface area contributed by atoms with Crippen LogP contribution in [-0.2, 0) is 4.74 Å². The highest BCUT2D eigenvalue weighted by atomic mass is 16.5. The van der Waals surface area contributed by atoms with E-state index in [0.717, 1.165) is 24.2 Å². The monoisotopic (exact) mass is 290 g/mol. The second kappa shape index (κ2) is 6.37. The summed E-state index contributed by atoms with van der Waals surface area (Å²) in [5, 5.41) is 0. The van der Waals surface area contributed by atoms with Crippen LogP contribution in [0, 0.1) is 12.8 Å². The number of hydrogen-bond acceptors (Lipinski definition) is 4. The fourth-order valence-electron chi connectivity index (χ4n) is 2.53. The zero-order chi connectivity index (χ0) is 15.6. The molecule has 0 aliphatic heterocycles. The van der Waals surface area contributed by atoms with E-state index in [1.165, 1.54) is 20.0 Å². The van der Waals surface area contributed by atoms with Crippen LogP contribution in [0.15, 0.2) is 12.1 Å². The second-order valence-electron chi connectivity index (χ2n) is 6.32. The summed E-state index contributed by atoms with van der Waals surface area (Å²) in [6, 6.07) is 4.57. The molecule has 0 spiro atoms. The second-order valence-corrected chi connectivity index (χ2v) is 6.32. The molecule has 2 rings (SSSR count). The van der Waals surface area contributed by atoms with E-state index >= 15 is 0 Å². The molecular weight excluding hydrogens is 264 g/mol. The van der Waals surface area contributed by atoms with Crippen LogP contribution in [-0.4, -0.2) is 25.7 Å². The number of benzene rings is 1. The third kappa shape index (κ3) is 3.69. The van der Waals surface area contributed by atoms with Gasteiger partial charge in [-0.15, -0.1) is 0 Å². The van der Waals surface area contributed by atoms with Crippen LogP contribution >= 0.6 is 0 Å². The van der Waals surface area contributed by atoms with Crippen LogP contribution < -0.4 is 10.6 Å². The van der Waals surface area contributed by atoms with Gasteiger partial charge in [-0.2, -0.15) is 0 Å². The maximum absolute atomic E-state index is 11.9. The van der Waals surface area contributed by atoms with Crippen molar-refractivity contribution in [1.82, 2.24) is 0 Å². The minimum atomic E-state index is -0.364.